The van der Waals surface area contributed by atoms with E-state index in [4.69, 9.17) is 15.0 Å². The molecule has 0 atom stereocenters. The summed E-state index contributed by atoms with van der Waals surface area (Å²) < 4.78 is 7.24. The van der Waals surface area contributed by atoms with Gasteiger partial charge in [-0.25, -0.2) is 15.0 Å². The zero-order chi connectivity index (χ0) is 41.9. The third kappa shape index (κ3) is 5.19. The minimum atomic E-state index is 0.617. The Morgan fingerprint density at radius 3 is 1.67 bits per heavy atom. The summed E-state index contributed by atoms with van der Waals surface area (Å²) in [5, 5.41) is 8.41. The molecule has 1 aliphatic heterocycles. The van der Waals surface area contributed by atoms with Crippen LogP contribution in [0.5, 0.6) is 0 Å². The SMILES string of the molecule is c1ccc(-n2c3ccccc3c3ccc(-c4nc(-c5ccc6c(c5)-n5c7c(cccc7c7c8ccccc8n(-c8ccccc8)c75)S6)nc(-c5ccc6ccccc6c5)n4)cc32)cc1. The minimum Gasteiger partial charge on any atom is -0.309 e. The Balaban J connectivity index is 1.02. The average Bonchev–Trinajstić information content (AvgIpc) is 4.00. The predicted octanol–water partition coefficient (Wildman–Crippen LogP) is 14.6. The van der Waals surface area contributed by atoms with Gasteiger partial charge in [0.25, 0.3) is 0 Å². The van der Waals surface area contributed by atoms with Gasteiger partial charge in [0.1, 0.15) is 5.65 Å². The molecule has 4 aromatic heterocycles. The van der Waals surface area contributed by atoms with Crippen molar-refractivity contribution in [2.45, 2.75) is 9.79 Å². The number of hydrogen-bond donors (Lipinski definition) is 0. The number of benzene rings is 9. The molecule has 0 bridgehead atoms. The largest absolute Gasteiger partial charge is 0.309 e. The molecular weight excluding hydrogens is 801 g/mol. The second-order valence-electron chi connectivity index (χ2n) is 16.4. The fraction of sp³-hybridized carbons (Fsp3) is 0. The Hall–Kier alpha value is -8.26. The number of nitrogens with zero attached hydrogens (tertiary/aromatic N) is 6. The molecule has 0 unspecified atom stereocenters. The van der Waals surface area contributed by atoms with E-state index in [0.717, 1.165) is 55.8 Å². The molecule has 9 aromatic carbocycles. The molecule has 0 aliphatic carbocycles. The Labute approximate surface area is 371 Å². The molecule has 0 saturated heterocycles. The van der Waals surface area contributed by atoms with E-state index in [1.807, 2.05) is 11.8 Å². The van der Waals surface area contributed by atoms with Gasteiger partial charge in [0, 0.05) is 64.8 Å². The van der Waals surface area contributed by atoms with Gasteiger partial charge in [-0.15, -0.1) is 0 Å². The van der Waals surface area contributed by atoms with Crippen LogP contribution in [-0.4, -0.2) is 28.7 Å². The number of aromatic nitrogens is 6. The third-order valence-corrected chi connectivity index (χ3v) is 13.9. The number of fused-ring (bicyclic) bond motifs is 11. The lowest BCUT2D eigenvalue weighted by Crippen LogP contribution is -2.06. The van der Waals surface area contributed by atoms with Crippen molar-refractivity contribution in [3.05, 3.63) is 206 Å². The predicted molar refractivity (Wildman–Crippen MR) is 263 cm³/mol. The fourth-order valence-corrected chi connectivity index (χ4v) is 11.1. The first-order valence-electron chi connectivity index (χ1n) is 21.5. The number of rotatable bonds is 5. The van der Waals surface area contributed by atoms with Crippen molar-refractivity contribution in [1.29, 1.82) is 0 Å². The summed E-state index contributed by atoms with van der Waals surface area (Å²) in [5.41, 5.74) is 11.9. The normalized spacial score (nSPS) is 12.3. The zero-order valence-electron chi connectivity index (χ0n) is 34.2. The van der Waals surface area contributed by atoms with Gasteiger partial charge in [-0.2, -0.15) is 0 Å². The number of hydrogen-bond acceptors (Lipinski definition) is 4. The summed E-state index contributed by atoms with van der Waals surface area (Å²) in [5.74, 6) is 1.86. The Bertz CT molecular complexity index is 4050. The number of para-hydroxylation sites is 5. The van der Waals surface area contributed by atoms with Crippen LogP contribution in [0.1, 0.15) is 0 Å². The molecule has 0 fully saturated rings. The van der Waals surface area contributed by atoms with Crippen LogP contribution in [0.3, 0.4) is 0 Å². The molecule has 5 heterocycles. The summed E-state index contributed by atoms with van der Waals surface area (Å²) in [6.45, 7) is 0. The Morgan fingerprint density at radius 2 is 0.906 bits per heavy atom. The summed E-state index contributed by atoms with van der Waals surface area (Å²) >= 11 is 1.82. The van der Waals surface area contributed by atoms with Crippen LogP contribution in [0.25, 0.3) is 117 Å². The van der Waals surface area contributed by atoms with Crippen LogP contribution in [0.2, 0.25) is 0 Å². The monoisotopic (exact) mass is 834 g/mol. The molecule has 0 N–H and O–H groups in total. The first-order chi connectivity index (χ1) is 31.7. The van der Waals surface area contributed by atoms with Crippen LogP contribution in [-0.2, 0) is 0 Å². The van der Waals surface area contributed by atoms with E-state index in [0.29, 0.717) is 17.5 Å². The molecule has 0 radical (unpaired) electrons. The van der Waals surface area contributed by atoms with E-state index >= 15 is 0 Å². The van der Waals surface area contributed by atoms with Crippen molar-refractivity contribution in [1.82, 2.24) is 28.7 Å². The highest BCUT2D eigenvalue weighted by atomic mass is 32.2. The quantitative estimate of drug-likeness (QED) is 0.173. The van der Waals surface area contributed by atoms with Gasteiger partial charge in [0.2, 0.25) is 0 Å². The highest BCUT2D eigenvalue weighted by Gasteiger charge is 2.28. The second-order valence-corrected chi connectivity index (χ2v) is 17.5. The fourth-order valence-electron chi connectivity index (χ4n) is 10.0. The second kappa shape index (κ2) is 13.6. The lowest BCUT2D eigenvalue weighted by molar-refractivity contribution is 1.02. The zero-order valence-corrected chi connectivity index (χ0v) is 35.0. The molecule has 1 aliphatic rings. The lowest BCUT2D eigenvalue weighted by Gasteiger charge is -2.22. The molecule has 0 amide bonds. The van der Waals surface area contributed by atoms with E-state index in [1.54, 1.807) is 0 Å². The van der Waals surface area contributed by atoms with Gasteiger partial charge in [0.15, 0.2) is 17.5 Å². The first-order valence-corrected chi connectivity index (χ1v) is 22.3. The Kier molecular flexibility index (Phi) is 7.52. The topological polar surface area (TPSA) is 53.5 Å². The molecule has 64 heavy (non-hydrogen) atoms. The van der Waals surface area contributed by atoms with Gasteiger partial charge >= 0.3 is 0 Å². The average molecular weight is 835 g/mol. The van der Waals surface area contributed by atoms with Crippen LogP contribution >= 0.6 is 11.8 Å². The standard InChI is InChI=1S/C57H34N6S/c1-3-16-40(17-4-1)61-46-23-11-9-20-42(46)43-30-28-38(33-48(43)61)55-58-54(37-27-26-35-14-7-8-15-36(35)32-37)59-56(60-55)39-29-31-50-49(34-39)63-53-45(22-13-25-51(53)64-50)52-44-21-10-12-24-47(44)62(57(52)63)41-18-5-2-6-19-41/h1-34H. The lowest BCUT2D eigenvalue weighted by atomic mass is 10.1. The maximum absolute atomic E-state index is 5.36. The van der Waals surface area contributed by atoms with Crippen molar-refractivity contribution in [3.8, 4) is 51.2 Å². The van der Waals surface area contributed by atoms with Crippen LogP contribution in [0, 0.1) is 0 Å². The van der Waals surface area contributed by atoms with Crippen LogP contribution in [0.15, 0.2) is 216 Å². The van der Waals surface area contributed by atoms with Gasteiger partial charge in [-0.1, -0.05) is 145 Å². The summed E-state index contributed by atoms with van der Waals surface area (Å²) in [7, 11) is 0. The maximum Gasteiger partial charge on any atom is 0.164 e. The summed E-state index contributed by atoms with van der Waals surface area (Å²) in [4.78, 5) is 18.4. The van der Waals surface area contributed by atoms with Crippen molar-refractivity contribution in [2.75, 3.05) is 0 Å². The van der Waals surface area contributed by atoms with Crippen molar-refractivity contribution in [2.24, 2.45) is 0 Å². The van der Waals surface area contributed by atoms with Crippen molar-refractivity contribution in [3.63, 3.8) is 0 Å². The molecular formula is C57H34N6S. The molecule has 0 saturated carbocycles. The van der Waals surface area contributed by atoms with Gasteiger partial charge in [-0.05, 0) is 83.6 Å². The van der Waals surface area contributed by atoms with E-state index in [9.17, 15) is 0 Å². The van der Waals surface area contributed by atoms with E-state index < -0.39 is 0 Å². The highest BCUT2D eigenvalue weighted by Crippen LogP contribution is 2.50. The smallest absolute Gasteiger partial charge is 0.164 e. The van der Waals surface area contributed by atoms with Crippen LogP contribution in [0.4, 0.5) is 0 Å². The third-order valence-electron chi connectivity index (χ3n) is 12.8. The first kappa shape index (κ1) is 35.3. The molecule has 298 valence electrons. The molecule has 0 spiro atoms. The molecule has 6 nitrogen and oxygen atoms in total. The van der Waals surface area contributed by atoms with Gasteiger partial charge in [0.05, 0.1) is 27.8 Å². The molecule has 14 rings (SSSR count). The van der Waals surface area contributed by atoms with Crippen LogP contribution < -0.4 is 0 Å². The summed E-state index contributed by atoms with van der Waals surface area (Å²) in [6.07, 6.45) is 0. The summed E-state index contributed by atoms with van der Waals surface area (Å²) in [6, 6.07) is 73.6. The Morgan fingerprint density at radius 1 is 0.344 bits per heavy atom. The van der Waals surface area contributed by atoms with Crippen molar-refractivity contribution < 1.29 is 0 Å². The highest BCUT2D eigenvalue weighted by molar-refractivity contribution is 7.99. The molecule has 13 aromatic rings. The minimum absolute atomic E-state index is 0.617. The van der Waals surface area contributed by atoms with Gasteiger partial charge < -0.3 is 4.57 Å². The van der Waals surface area contributed by atoms with E-state index in [-0.39, 0.29) is 0 Å². The molecule has 7 heteroatoms. The van der Waals surface area contributed by atoms with E-state index in [1.165, 1.54) is 53.1 Å². The van der Waals surface area contributed by atoms with E-state index in [2.05, 4.69) is 220 Å². The maximum atomic E-state index is 5.36. The van der Waals surface area contributed by atoms with Crippen molar-refractivity contribution >= 4 is 77.2 Å². The van der Waals surface area contributed by atoms with Gasteiger partial charge in [-0.3, -0.25) is 9.13 Å².